The van der Waals surface area contributed by atoms with E-state index >= 15 is 0 Å². The highest BCUT2D eigenvalue weighted by atomic mass is 32.2. The van der Waals surface area contributed by atoms with Gasteiger partial charge in [0.2, 0.25) is 0 Å². The molecule has 1 heterocycles. The van der Waals surface area contributed by atoms with Gasteiger partial charge in [-0.3, -0.25) is 0 Å². The molecule has 0 aromatic rings. The summed E-state index contributed by atoms with van der Waals surface area (Å²) in [6, 6.07) is -0.227. The first kappa shape index (κ1) is 12.0. The van der Waals surface area contributed by atoms with Crippen LogP contribution in [-0.2, 0) is 9.84 Å². The highest BCUT2D eigenvalue weighted by molar-refractivity contribution is 7.91. The number of rotatable bonds is 2. The minimum atomic E-state index is -3.24. The number of amidine groups is 1. The van der Waals surface area contributed by atoms with E-state index in [-0.39, 0.29) is 17.9 Å². The molecule has 3 rings (SSSR count). The van der Waals surface area contributed by atoms with Gasteiger partial charge in [-0.1, -0.05) is 0 Å². The van der Waals surface area contributed by atoms with E-state index in [1.54, 1.807) is 4.90 Å². The molecule has 3 aliphatic rings. The molecule has 100 valence electrons. The first-order valence-electron chi connectivity index (χ1n) is 6.24. The standard InChI is InChI=1S/C11H17N3O3S/c1-18(16,17)8-3-2-6-11(8)9(12)13-10(15)14(11)7-4-5-7/h7-8H,2-6H2,1H3,(H2,12,13,15). The van der Waals surface area contributed by atoms with Gasteiger partial charge in [-0.05, 0) is 32.1 Å². The minimum Gasteiger partial charge on any atom is -0.385 e. The van der Waals surface area contributed by atoms with Gasteiger partial charge in [0.1, 0.15) is 11.4 Å². The predicted octanol–water partition coefficient (Wildman–Crippen LogP) is 0.278. The molecule has 0 aromatic heterocycles. The Balaban J connectivity index is 2.10. The lowest BCUT2D eigenvalue weighted by molar-refractivity contribution is 0.168. The Morgan fingerprint density at radius 3 is 2.61 bits per heavy atom. The summed E-state index contributed by atoms with van der Waals surface area (Å²) in [5, 5.41) is -0.596. The van der Waals surface area contributed by atoms with Crippen LogP contribution in [0.1, 0.15) is 32.1 Å². The van der Waals surface area contributed by atoms with Gasteiger partial charge in [0, 0.05) is 12.3 Å². The summed E-state index contributed by atoms with van der Waals surface area (Å²) in [5.74, 6) is 0.201. The first-order valence-corrected chi connectivity index (χ1v) is 8.19. The number of sulfone groups is 1. The number of hydrogen-bond donors (Lipinski definition) is 1. The second-order valence-electron chi connectivity index (χ2n) is 5.52. The summed E-state index contributed by atoms with van der Waals surface area (Å²) < 4.78 is 24.0. The number of carbonyl (C=O) groups excluding carboxylic acids is 1. The fourth-order valence-corrected chi connectivity index (χ4v) is 5.11. The van der Waals surface area contributed by atoms with Crippen molar-refractivity contribution < 1.29 is 13.2 Å². The summed E-state index contributed by atoms with van der Waals surface area (Å²) in [4.78, 5) is 17.5. The average molecular weight is 271 g/mol. The van der Waals surface area contributed by atoms with E-state index in [1.165, 1.54) is 6.26 Å². The maximum absolute atomic E-state index is 12.0. The topological polar surface area (TPSA) is 92.8 Å². The van der Waals surface area contributed by atoms with Crippen LogP contribution in [0.25, 0.3) is 0 Å². The maximum atomic E-state index is 12.0. The normalized spacial score (nSPS) is 36.5. The lowest BCUT2D eigenvalue weighted by Gasteiger charge is -2.38. The van der Waals surface area contributed by atoms with Crippen molar-refractivity contribution in [3.8, 4) is 0 Å². The van der Waals surface area contributed by atoms with E-state index < -0.39 is 20.6 Å². The molecule has 2 unspecified atom stereocenters. The predicted molar refractivity (Wildman–Crippen MR) is 67.1 cm³/mol. The number of nitrogens with two attached hydrogens (primary N) is 1. The minimum absolute atomic E-state index is 0.129. The van der Waals surface area contributed by atoms with Gasteiger partial charge >= 0.3 is 6.03 Å². The van der Waals surface area contributed by atoms with Crippen molar-refractivity contribution in [3.63, 3.8) is 0 Å². The van der Waals surface area contributed by atoms with E-state index in [4.69, 9.17) is 5.73 Å². The van der Waals surface area contributed by atoms with Gasteiger partial charge in [-0.15, -0.1) is 0 Å². The second-order valence-corrected chi connectivity index (χ2v) is 7.74. The Labute approximate surface area is 106 Å². The molecule has 2 atom stereocenters. The van der Waals surface area contributed by atoms with Gasteiger partial charge in [-0.2, -0.15) is 4.99 Å². The van der Waals surface area contributed by atoms with Crippen LogP contribution in [0.3, 0.4) is 0 Å². The number of urea groups is 1. The smallest absolute Gasteiger partial charge is 0.346 e. The van der Waals surface area contributed by atoms with E-state index in [1.807, 2.05) is 0 Å². The molecule has 2 fully saturated rings. The molecule has 2 aliphatic carbocycles. The van der Waals surface area contributed by atoms with E-state index in [0.717, 1.165) is 19.3 Å². The van der Waals surface area contributed by atoms with Crippen molar-refractivity contribution in [2.24, 2.45) is 10.7 Å². The van der Waals surface area contributed by atoms with Crippen LogP contribution in [0.5, 0.6) is 0 Å². The lowest BCUT2D eigenvalue weighted by atomic mass is 9.94. The first-order chi connectivity index (χ1) is 8.37. The number of carbonyl (C=O) groups is 1. The summed E-state index contributed by atoms with van der Waals surface area (Å²) in [6.45, 7) is 0. The fourth-order valence-electron chi connectivity index (χ4n) is 3.46. The molecular weight excluding hydrogens is 254 g/mol. The summed E-state index contributed by atoms with van der Waals surface area (Å²) in [5.41, 5.74) is 5.08. The molecular formula is C11H17N3O3S. The molecule has 2 saturated carbocycles. The molecule has 2 N–H and O–H groups in total. The molecule has 1 aliphatic heterocycles. The monoisotopic (exact) mass is 271 g/mol. The third kappa shape index (κ3) is 1.43. The van der Waals surface area contributed by atoms with E-state index in [0.29, 0.717) is 12.8 Å². The van der Waals surface area contributed by atoms with Crippen LogP contribution < -0.4 is 5.73 Å². The van der Waals surface area contributed by atoms with Gasteiger partial charge in [-0.25, -0.2) is 13.2 Å². The molecule has 2 amide bonds. The molecule has 18 heavy (non-hydrogen) atoms. The molecule has 0 aromatic carbocycles. The van der Waals surface area contributed by atoms with Gasteiger partial charge in [0.15, 0.2) is 9.84 Å². The highest BCUT2D eigenvalue weighted by Crippen LogP contribution is 2.47. The third-order valence-electron chi connectivity index (χ3n) is 4.28. The summed E-state index contributed by atoms with van der Waals surface area (Å²) >= 11 is 0. The zero-order valence-corrected chi connectivity index (χ0v) is 11.1. The van der Waals surface area contributed by atoms with Crippen molar-refractivity contribution in [2.45, 2.75) is 48.9 Å². The molecule has 6 nitrogen and oxygen atoms in total. The van der Waals surface area contributed by atoms with Crippen LogP contribution in [0, 0.1) is 0 Å². The van der Waals surface area contributed by atoms with Gasteiger partial charge < -0.3 is 10.6 Å². The Morgan fingerprint density at radius 1 is 1.39 bits per heavy atom. The van der Waals surface area contributed by atoms with Gasteiger partial charge in [0.05, 0.1) is 5.25 Å². The second kappa shape index (κ2) is 3.46. The van der Waals surface area contributed by atoms with Crippen LogP contribution >= 0.6 is 0 Å². The zero-order chi connectivity index (χ0) is 13.1. The van der Waals surface area contributed by atoms with Crippen LogP contribution in [0.2, 0.25) is 0 Å². The zero-order valence-electron chi connectivity index (χ0n) is 10.3. The third-order valence-corrected chi connectivity index (χ3v) is 5.94. The molecule has 0 saturated heterocycles. The van der Waals surface area contributed by atoms with Crippen molar-refractivity contribution in [1.29, 1.82) is 0 Å². The van der Waals surface area contributed by atoms with Crippen molar-refractivity contribution >= 4 is 21.7 Å². The summed E-state index contributed by atoms with van der Waals surface area (Å²) in [6.07, 6.45) is 5.02. The summed E-state index contributed by atoms with van der Waals surface area (Å²) in [7, 11) is -3.24. The Morgan fingerprint density at radius 2 is 2.06 bits per heavy atom. The Kier molecular flexibility index (Phi) is 2.30. The van der Waals surface area contributed by atoms with Crippen molar-refractivity contribution in [2.75, 3.05) is 6.26 Å². The van der Waals surface area contributed by atoms with Gasteiger partial charge in [0.25, 0.3) is 0 Å². The number of aliphatic imine (C=N–C) groups is 1. The van der Waals surface area contributed by atoms with E-state index in [2.05, 4.69) is 4.99 Å². The van der Waals surface area contributed by atoms with Crippen molar-refractivity contribution in [1.82, 2.24) is 4.90 Å². The largest absolute Gasteiger partial charge is 0.385 e. The molecule has 0 bridgehead atoms. The quantitative estimate of drug-likeness (QED) is 0.780. The molecule has 0 radical (unpaired) electrons. The maximum Gasteiger partial charge on any atom is 0.346 e. The van der Waals surface area contributed by atoms with Crippen molar-refractivity contribution in [3.05, 3.63) is 0 Å². The molecule has 7 heteroatoms. The Hall–Kier alpha value is -1.11. The van der Waals surface area contributed by atoms with E-state index in [9.17, 15) is 13.2 Å². The van der Waals surface area contributed by atoms with Crippen LogP contribution in [-0.4, -0.2) is 48.3 Å². The number of hydrogen-bond acceptors (Lipinski definition) is 4. The van der Waals surface area contributed by atoms with Crippen LogP contribution in [0.15, 0.2) is 4.99 Å². The van der Waals surface area contributed by atoms with Crippen LogP contribution in [0.4, 0.5) is 4.79 Å². The average Bonchev–Trinajstić information content (AvgIpc) is 2.88. The lowest BCUT2D eigenvalue weighted by Crippen LogP contribution is -2.61. The fraction of sp³-hybridized carbons (Fsp3) is 0.818. The SMILES string of the molecule is CS(=O)(=O)C1CCCC12C(N)=NC(=O)N2C1CC1. The number of nitrogens with zero attached hydrogens (tertiary/aromatic N) is 2. The molecule has 1 spiro atoms. The highest BCUT2D eigenvalue weighted by Gasteiger charge is 2.62. The number of amides is 2. The Bertz CT molecular complexity index is 538.